The first-order valence-corrected chi connectivity index (χ1v) is 16.3. The maximum absolute atomic E-state index is 13.4. The lowest BCUT2D eigenvalue weighted by Crippen LogP contribution is -2.30. The molecule has 3 amide bonds. The van der Waals surface area contributed by atoms with E-state index in [4.69, 9.17) is 9.15 Å². The zero-order chi connectivity index (χ0) is 34.2. The lowest BCUT2D eigenvalue weighted by atomic mass is 10.1. The first-order valence-electron chi connectivity index (χ1n) is 15.4. The fourth-order valence-electron chi connectivity index (χ4n) is 4.85. The van der Waals surface area contributed by atoms with Crippen LogP contribution in [-0.2, 0) is 9.59 Å². The minimum Gasteiger partial charge on any atom is -0.497 e. The van der Waals surface area contributed by atoms with Crippen LogP contribution in [0.5, 0.6) is 5.75 Å². The van der Waals surface area contributed by atoms with E-state index in [1.165, 1.54) is 11.8 Å². The number of methoxy groups -OCH3 is 1. The Kier molecular flexibility index (Phi) is 10.2. The minimum atomic E-state index is -0.498. The first-order chi connectivity index (χ1) is 23.8. The summed E-state index contributed by atoms with van der Waals surface area (Å²) in [4.78, 5) is 44.7. The molecule has 0 saturated carbocycles. The molecule has 0 bridgehead atoms. The number of hydrogen-bond acceptors (Lipinski definition) is 7. The Hall–Kier alpha value is -6.13. The molecule has 6 aromatic rings. The van der Waals surface area contributed by atoms with Crippen LogP contribution in [0.25, 0.3) is 28.6 Å². The van der Waals surface area contributed by atoms with Crippen LogP contribution in [0.3, 0.4) is 0 Å². The third-order valence-electron chi connectivity index (χ3n) is 7.42. The van der Waals surface area contributed by atoms with Crippen LogP contribution in [0.4, 0.5) is 11.4 Å². The van der Waals surface area contributed by atoms with Gasteiger partial charge in [0, 0.05) is 27.4 Å². The van der Waals surface area contributed by atoms with Crippen molar-refractivity contribution < 1.29 is 23.5 Å². The predicted molar refractivity (Wildman–Crippen MR) is 193 cm³/mol. The number of nitrogens with one attached hydrogen (secondary N) is 3. The van der Waals surface area contributed by atoms with Crippen LogP contribution < -0.4 is 20.7 Å². The second kappa shape index (κ2) is 15.2. The van der Waals surface area contributed by atoms with E-state index >= 15 is 0 Å². The Morgan fingerprint density at radius 2 is 1.49 bits per heavy atom. The van der Waals surface area contributed by atoms with Gasteiger partial charge in [-0.1, -0.05) is 42.5 Å². The summed E-state index contributed by atoms with van der Waals surface area (Å²) < 4.78 is 11.1. The van der Waals surface area contributed by atoms with E-state index in [0.717, 1.165) is 21.6 Å². The van der Waals surface area contributed by atoms with Crippen molar-refractivity contribution in [2.75, 3.05) is 17.7 Å². The molecule has 1 unspecified atom stereocenters. The van der Waals surface area contributed by atoms with Gasteiger partial charge in [-0.15, -0.1) is 11.8 Å². The number of carbonyl (C=O) groups is 3. The molecule has 0 radical (unpaired) electrons. The van der Waals surface area contributed by atoms with E-state index in [1.54, 1.807) is 67.8 Å². The number of carbonyl (C=O) groups excluding carboxylic acids is 3. The molecule has 3 N–H and O–H groups in total. The van der Waals surface area contributed by atoms with Gasteiger partial charge in [-0.05, 0) is 103 Å². The molecule has 0 aliphatic heterocycles. The maximum atomic E-state index is 13.4. The Balaban J connectivity index is 1.07. The molecule has 10 heteroatoms. The molecule has 9 nitrogen and oxygen atoms in total. The van der Waals surface area contributed by atoms with Crippen LogP contribution in [0.1, 0.15) is 22.8 Å². The highest BCUT2D eigenvalue weighted by molar-refractivity contribution is 8.00. The average Bonchev–Trinajstić information content (AvgIpc) is 3.57. The molecule has 0 aliphatic rings. The van der Waals surface area contributed by atoms with Crippen LogP contribution in [0.15, 0.2) is 142 Å². The lowest BCUT2D eigenvalue weighted by Gasteiger charge is -2.14. The second-order valence-corrected chi connectivity index (χ2v) is 12.4. The van der Waals surface area contributed by atoms with Crippen molar-refractivity contribution in [1.29, 1.82) is 0 Å². The van der Waals surface area contributed by atoms with Crippen molar-refractivity contribution in [2.24, 2.45) is 0 Å². The van der Waals surface area contributed by atoms with E-state index in [2.05, 4.69) is 20.9 Å². The Morgan fingerprint density at radius 3 is 2.22 bits per heavy atom. The number of ether oxygens (including phenoxy) is 1. The van der Waals surface area contributed by atoms with Crippen molar-refractivity contribution >= 4 is 58.0 Å². The van der Waals surface area contributed by atoms with Crippen molar-refractivity contribution in [3.8, 4) is 17.2 Å². The third kappa shape index (κ3) is 8.43. The molecule has 1 aromatic heterocycles. The van der Waals surface area contributed by atoms with E-state index in [1.807, 2.05) is 79.7 Å². The molecule has 0 spiro atoms. The van der Waals surface area contributed by atoms with Gasteiger partial charge in [-0.25, -0.2) is 4.98 Å². The summed E-state index contributed by atoms with van der Waals surface area (Å²) in [6.07, 6.45) is 1.59. The molecule has 1 atom stereocenters. The van der Waals surface area contributed by atoms with Crippen molar-refractivity contribution in [3.63, 3.8) is 0 Å². The predicted octanol–water partition coefficient (Wildman–Crippen LogP) is 8.03. The Morgan fingerprint density at radius 1 is 0.796 bits per heavy atom. The van der Waals surface area contributed by atoms with Gasteiger partial charge in [0.2, 0.25) is 11.8 Å². The fourth-order valence-corrected chi connectivity index (χ4v) is 5.72. The van der Waals surface area contributed by atoms with Crippen LogP contribution in [-0.4, -0.2) is 35.1 Å². The third-order valence-corrected chi connectivity index (χ3v) is 8.53. The number of aromatic nitrogens is 1. The molecular formula is C39H32N4O5S. The van der Waals surface area contributed by atoms with Gasteiger partial charge < -0.3 is 25.1 Å². The number of oxazole rings is 1. The summed E-state index contributed by atoms with van der Waals surface area (Å²) in [5, 5.41) is 8.15. The zero-order valence-electron chi connectivity index (χ0n) is 26.7. The Labute approximate surface area is 287 Å². The normalized spacial score (nSPS) is 11.8. The number of fused-ring (bicyclic) bond motifs is 1. The maximum Gasteiger partial charge on any atom is 0.272 e. The Bertz CT molecular complexity index is 2090. The number of benzene rings is 5. The van der Waals surface area contributed by atoms with Crippen LogP contribution >= 0.6 is 11.8 Å². The quantitative estimate of drug-likeness (QED) is 0.0944. The van der Waals surface area contributed by atoms with Gasteiger partial charge in [0.15, 0.2) is 5.58 Å². The summed E-state index contributed by atoms with van der Waals surface area (Å²) in [5.74, 6) is 0.0703. The molecule has 6 rings (SSSR count). The molecule has 244 valence electrons. The molecule has 0 aliphatic carbocycles. The van der Waals surface area contributed by atoms with E-state index in [-0.39, 0.29) is 11.6 Å². The highest BCUT2D eigenvalue weighted by Gasteiger charge is 2.17. The summed E-state index contributed by atoms with van der Waals surface area (Å²) in [6.45, 7) is 1.83. The van der Waals surface area contributed by atoms with Gasteiger partial charge in [0.25, 0.3) is 11.8 Å². The largest absolute Gasteiger partial charge is 0.497 e. The van der Waals surface area contributed by atoms with Crippen molar-refractivity contribution in [1.82, 2.24) is 10.3 Å². The van der Waals surface area contributed by atoms with E-state index in [9.17, 15) is 14.4 Å². The van der Waals surface area contributed by atoms with E-state index in [0.29, 0.717) is 34.1 Å². The molecule has 1 heterocycles. The molecule has 49 heavy (non-hydrogen) atoms. The number of para-hydroxylation sites is 2. The van der Waals surface area contributed by atoms with Crippen LogP contribution in [0, 0.1) is 0 Å². The number of thioether (sulfide) groups is 1. The summed E-state index contributed by atoms with van der Waals surface area (Å²) in [5.41, 5.74) is 4.66. The summed E-state index contributed by atoms with van der Waals surface area (Å²) in [7, 11) is 1.56. The van der Waals surface area contributed by atoms with Gasteiger partial charge in [0.05, 0.1) is 12.4 Å². The standard InChI is InChI=1S/C39H32N4O5S/c1-25(36(44)40-29-17-15-28(16-18-29)39-43-33-13-6-7-14-35(33)48-39)49-32-21-19-30(20-22-32)41-38(46)34(24-26-9-8-12-31(23-26)47-2)42-37(45)27-10-4-3-5-11-27/h3-25H,1-2H3,(H,40,44)(H,41,46)(H,42,45)/b34-24-. The van der Waals surface area contributed by atoms with Crippen molar-refractivity contribution in [2.45, 2.75) is 17.1 Å². The monoisotopic (exact) mass is 668 g/mol. The van der Waals surface area contributed by atoms with Gasteiger partial charge in [0.1, 0.15) is 17.0 Å². The molecule has 0 saturated heterocycles. The second-order valence-electron chi connectivity index (χ2n) is 10.9. The van der Waals surface area contributed by atoms with Crippen LogP contribution in [0.2, 0.25) is 0 Å². The lowest BCUT2D eigenvalue weighted by molar-refractivity contribution is -0.115. The number of rotatable bonds is 11. The van der Waals surface area contributed by atoms with E-state index < -0.39 is 17.1 Å². The first kappa shape index (κ1) is 32.8. The zero-order valence-corrected chi connectivity index (χ0v) is 27.5. The number of nitrogens with zero attached hydrogens (tertiary/aromatic N) is 1. The smallest absolute Gasteiger partial charge is 0.272 e. The number of hydrogen-bond donors (Lipinski definition) is 3. The van der Waals surface area contributed by atoms with Crippen molar-refractivity contribution in [3.05, 3.63) is 144 Å². The van der Waals surface area contributed by atoms with Gasteiger partial charge in [-0.2, -0.15) is 0 Å². The molecular weight excluding hydrogens is 637 g/mol. The molecule has 5 aromatic carbocycles. The van der Waals surface area contributed by atoms with Gasteiger partial charge in [-0.3, -0.25) is 14.4 Å². The molecule has 0 fully saturated rings. The summed E-state index contributed by atoms with van der Waals surface area (Å²) in [6, 6.07) is 37.9. The number of anilines is 2. The summed E-state index contributed by atoms with van der Waals surface area (Å²) >= 11 is 1.39. The SMILES string of the molecule is COc1cccc(/C=C(\NC(=O)c2ccccc2)C(=O)Nc2ccc(SC(C)C(=O)Nc3ccc(-c4nc5ccccc5o4)cc3)cc2)c1. The fraction of sp³-hybridized carbons (Fsp3) is 0.0769. The van der Waals surface area contributed by atoms with Gasteiger partial charge >= 0.3 is 0 Å². The average molecular weight is 669 g/mol. The highest BCUT2D eigenvalue weighted by atomic mass is 32.2. The highest BCUT2D eigenvalue weighted by Crippen LogP contribution is 2.28. The number of amides is 3. The minimum absolute atomic E-state index is 0.0627. The topological polar surface area (TPSA) is 123 Å².